The van der Waals surface area contributed by atoms with Crippen LogP contribution in [0.5, 0.6) is 0 Å². The van der Waals surface area contributed by atoms with Crippen molar-refractivity contribution in [1.82, 2.24) is 0 Å². The fourth-order valence-corrected chi connectivity index (χ4v) is 0.178. The van der Waals surface area contributed by atoms with Crippen LogP contribution in [-0.2, 0) is 24.7 Å². The molecule has 9 heavy (non-hydrogen) atoms. The predicted molar refractivity (Wildman–Crippen MR) is 23.1 cm³/mol. The predicted octanol–water partition coefficient (Wildman–Crippen LogP) is -0.530. The van der Waals surface area contributed by atoms with Crippen molar-refractivity contribution in [3.63, 3.8) is 0 Å². The summed E-state index contributed by atoms with van der Waals surface area (Å²) >= 11 is 0. The minimum atomic E-state index is -4.84. The van der Waals surface area contributed by atoms with Gasteiger partial charge in [0.25, 0.3) is 0 Å². The molecule has 0 aromatic heterocycles. The summed E-state index contributed by atoms with van der Waals surface area (Å²) in [4.78, 5) is 3.67. The van der Waals surface area contributed by atoms with Crippen LogP contribution in [0.3, 0.4) is 0 Å². The average molecular weight is 155 g/mol. The van der Waals surface area contributed by atoms with Gasteiger partial charge in [-0.1, -0.05) is 10.9 Å². The normalized spacial score (nSPS) is 10.8. The maximum atomic E-state index is 9.49. The van der Waals surface area contributed by atoms with Crippen molar-refractivity contribution < 1.29 is 27.2 Å². The Morgan fingerprint density at radius 3 is 2.44 bits per heavy atom. The number of hydrogen-bond donors (Lipinski definition) is 0. The molecule has 0 amide bonds. The molecule has 0 N–H and O–H groups in total. The zero-order valence-electron chi connectivity index (χ0n) is 4.14. The van der Waals surface area contributed by atoms with Crippen molar-refractivity contribution in [3.8, 4) is 0 Å². The van der Waals surface area contributed by atoms with Gasteiger partial charge < -0.3 is 9.44 Å². The van der Waals surface area contributed by atoms with E-state index in [4.69, 9.17) is 0 Å². The summed E-state index contributed by atoms with van der Waals surface area (Å²) in [5.41, 5.74) is 0. The third kappa shape index (κ3) is 7.37. The summed E-state index contributed by atoms with van der Waals surface area (Å²) in [5.74, 6) is 0. The van der Waals surface area contributed by atoms with E-state index in [1.54, 1.807) is 0 Å². The quantitative estimate of drug-likeness (QED) is 0.135. The summed E-state index contributed by atoms with van der Waals surface area (Å²) in [6.07, 6.45) is 0.741. The van der Waals surface area contributed by atoms with E-state index in [1.165, 1.54) is 0 Å². The van der Waals surface area contributed by atoms with Crippen molar-refractivity contribution in [2.45, 2.75) is 0 Å². The van der Waals surface area contributed by atoms with Crippen molar-refractivity contribution in [3.05, 3.63) is 12.8 Å². The van der Waals surface area contributed by atoms with Gasteiger partial charge in [0.2, 0.25) is 10.4 Å². The molecular formula is C2H3O6S-. The Balaban J connectivity index is 3.40. The molecule has 0 aliphatic carbocycles. The second kappa shape index (κ2) is 3.41. The lowest BCUT2D eigenvalue weighted by Crippen LogP contribution is -2.03. The Morgan fingerprint density at radius 2 is 2.11 bits per heavy atom. The maximum absolute atomic E-state index is 9.49. The van der Waals surface area contributed by atoms with Gasteiger partial charge in [0.15, 0.2) is 0 Å². The highest BCUT2D eigenvalue weighted by atomic mass is 32.3. The third-order valence-electron chi connectivity index (χ3n) is 0.218. The molecule has 6 nitrogen and oxygen atoms in total. The van der Waals surface area contributed by atoms with Crippen LogP contribution in [0.1, 0.15) is 0 Å². The molecule has 0 atom stereocenters. The summed E-state index contributed by atoms with van der Waals surface area (Å²) in [6, 6.07) is 0. The molecule has 0 bridgehead atoms. The summed E-state index contributed by atoms with van der Waals surface area (Å²) in [7, 11) is -4.84. The molecule has 54 valence electrons. The number of rotatable bonds is 4. The molecule has 0 aromatic rings. The van der Waals surface area contributed by atoms with Crippen LogP contribution in [0.2, 0.25) is 0 Å². The Labute approximate surface area is 51.5 Å². The van der Waals surface area contributed by atoms with Gasteiger partial charge in [-0.3, -0.25) is 0 Å². The largest absolute Gasteiger partial charge is 0.724 e. The smallest absolute Gasteiger partial charge is 0.249 e. The van der Waals surface area contributed by atoms with Crippen LogP contribution in [0.4, 0.5) is 0 Å². The summed E-state index contributed by atoms with van der Waals surface area (Å²) in [5, 5.41) is 3.33. The van der Waals surface area contributed by atoms with Crippen LogP contribution in [0.15, 0.2) is 12.8 Å². The molecule has 0 aliphatic rings. The molecule has 0 heterocycles. The minimum Gasteiger partial charge on any atom is -0.724 e. The SMILES string of the molecule is C=COOOS(=O)(=O)[O-]. The minimum absolute atomic E-state index is 0.741. The van der Waals surface area contributed by atoms with Gasteiger partial charge in [0.05, 0.1) is 0 Å². The lowest BCUT2D eigenvalue weighted by atomic mass is 11.2. The van der Waals surface area contributed by atoms with Crippen LogP contribution >= 0.6 is 0 Å². The summed E-state index contributed by atoms with van der Waals surface area (Å²) in [6.45, 7) is 2.96. The highest BCUT2D eigenvalue weighted by molar-refractivity contribution is 7.80. The highest BCUT2D eigenvalue weighted by Gasteiger charge is 1.92. The molecule has 0 saturated carbocycles. The first-order valence-electron chi connectivity index (χ1n) is 1.64. The molecule has 0 saturated heterocycles. The van der Waals surface area contributed by atoms with E-state index in [0.29, 0.717) is 0 Å². The Hall–Kier alpha value is -0.630. The Morgan fingerprint density at radius 1 is 1.56 bits per heavy atom. The molecular weight excluding hydrogens is 152 g/mol. The zero-order valence-corrected chi connectivity index (χ0v) is 4.96. The molecule has 0 radical (unpaired) electrons. The second-order valence-electron chi connectivity index (χ2n) is 0.807. The van der Waals surface area contributed by atoms with Crippen molar-refractivity contribution >= 4 is 10.4 Å². The molecule has 0 aromatic carbocycles. The lowest BCUT2D eigenvalue weighted by molar-refractivity contribution is -0.439. The molecule has 0 fully saturated rings. The third-order valence-corrected chi connectivity index (χ3v) is 0.441. The molecule has 0 aliphatic heterocycles. The van der Waals surface area contributed by atoms with Crippen molar-refractivity contribution in [2.75, 3.05) is 0 Å². The van der Waals surface area contributed by atoms with E-state index in [0.717, 1.165) is 6.26 Å². The zero-order chi connectivity index (χ0) is 7.33. The van der Waals surface area contributed by atoms with E-state index in [1.807, 2.05) is 0 Å². The van der Waals surface area contributed by atoms with Gasteiger partial charge in [-0.15, -0.1) is 0 Å². The molecule has 0 rings (SSSR count). The first-order chi connectivity index (χ1) is 4.06. The molecule has 7 heteroatoms. The van der Waals surface area contributed by atoms with E-state index >= 15 is 0 Å². The fraction of sp³-hybridized carbons (Fsp3) is 0. The van der Waals surface area contributed by atoms with Crippen LogP contribution in [0, 0.1) is 0 Å². The first kappa shape index (κ1) is 8.37. The Kier molecular flexibility index (Phi) is 3.17. The number of hydrogen-bond acceptors (Lipinski definition) is 6. The van der Waals surface area contributed by atoms with E-state index in [9.17, 15) is 13.0 Å². The average Bonchev–Trinajstić information content (AvgIpc) is 1.63. The van der Waals surface area contributed by atoms with Crippen LogP contribution in [0.25, 0.3) is 0 Å². The van der Waals surface area contributed by atoms with E-state index in [-0.39, 0.29) is 0 Å². The van der Waals surface area contributed by atoms with Crippen LogP contribution in [-0.4, -0.2) is 13.0 Å². The second-order valence-corrected chi connectivity index (χ2v) is 1.76. The van der Waals surface area contributed by atoms with E-state index in [2.05, 4.69) is 20.8 Å². The summed E-state index contributed by atoms with van der Waals surface area (Å²) < 4.78 is 31.6. The van der Waals surface area contributed by atoms with Gasteiger partial charge in [-0.2, -0.15) is 0 Å². The van der Waals surface area contributed by atoms with Gasteiger partial charge in [-0.25, -0.2) is 8.42 Å². The topological polar surface area (TPSA) is 84.9 Å². The van der Waals surface area contributed by atoms with Gasteiger partial charge in [-0.05, 0) is 0 Å². The lowest BCUT2D eigenvalue weighted by Gasteiger charge is -2.01. The first-order valence-corrected chi connectivity index (χ1v) is 2.98. The molecule has 0 spiro atoms. The monoisotopic (exact) mass is 155 g/mol. The Bertz CT molecular complexity index is 167. The molecule has 0 unspecified atom stereocenters. The van der Waals surface area contributed by atoms with Crippen molar-refractivity contribution in [2.24, 2.45) is 0 Å². The van der Waals surface area contributed by atoms with Crippen LogP contribution < -0.4 is 0 Å². The highest BCUT2D eigenvalue weighted by Crippen LogP contribution is 1.87. The van der Waals surface area contributed by atoms with E-state index < -0.39 is 10.4 Å². The van der Waals surface area contributed by atoms with Crippen molar-refractivity contribution in [1.29, 1.82) is 0 Å². The fourth-order valence-electron chi connectivity index (χ4n) is 0.0778. The standard InChI is InChI=1S/C2H4O6S/c1-2-6-7-8-9(3,4)5/h2H,1H2,(H,3,4,5)/p-1. The maximum Gasteiger partial charge on any atom is 0.249 e. The van der Waals surface area contributed by atoms with Gasteiger partial charge in [0.1, 0.15) is 6.26 Å². The van der Waals surface area contributed by atoms with Gasteiger partial charge >= 0.3 is 0 Å². The van der Waals surface area contributed by atoms with Gasteiger partial charge in [0, 0.05) is 5.04 Å².